The molecule has 1 heterocycles. The van der Waals surface area contributed by atoms with Crippen molar-refractivity contribution in [1.29, 1.82) is 0 Å². The molecule has 9 aromatic rings. The minimum Gasteiger partial charge on any atom is -0.455 e. The van der Waals surface area contributed by atoms with Crippen molar-refractivity contribution in [3.05, 3.63) is 199 Å². The first-order valence-electron chi connectivity index (χ1n) is 18.4. The molecule has 8 aromatic carbocycles. The van der Waals surface area contributed by atoms with Gasteiger partial charge in [-0.25, -0.2) is 0 Å². The number of rotatable bonds is 6. The van der Waals surface area contributed by atoms with Crippen LogP contribution in [-0.4, -0.2) is 0 Å². The van der Waals surface area contributed by atoms with Crippen molar-refractivity contribution in [3.63, 3.8) is 0 Å². The van der Waals surface area contributed by atoms with Crippen molar-refractivity contribution in [2.24, 2.45) is 0 Å². The standard InChI is InChI=1S/C51H37NO/c1-51(2)45-22-11-9-19-44(45)48-46(33-32-40(49(48)51)36-16-7-4-8-17-36)52(38-28-24-35(25-29-38)34-14-5-3-6-15-34)39-30-26-37(27-31-39)41-20-13-21-43-42-18-10-12-23-47(42)53-50(41)43/h3-33H,1-2H3. The summed E-state index contributed by atoms with van der Waals surface area (Å²) in [4.78, 5) is 2.44. The zero-order chi connectivity index (χ0) is 35.5. The zero-order valence-corrected chi connectivity index (χ0v) is 29.8. The van der Waals surface area contributed by atoms with Crippen LogP contribution >= 0.6 is 0 Å². The van der Waals surface area contributed by atoms with E-state index in [-0.39, 0.29) is 5.41 Å². The van der Waals surface area contributed by atoms with Crippen LogP contribution in [0.5, 0.6) is 0 Å². The molecule has 53 heavy (non-hydrogen) atoms. The second-order valence-electron chi connectivity index (χ2n) is 14.5. The van der Waals surface area contributed by atoms with E-state index in [1.165, 1.54) is 44.5 Å². The summed E-state index contributed by atoms with van der Waals surface area (Å²) >= 11 is 0. The first-order chi connectivity index (χ1) is 26.1. The predicted octanol–water partition coefficient (Wildman–Crippen LogP) is 14.4. The van der Waals surface area contributed by atoms with Gasteiger partial charge >= 0.3 is 0 Å². The van der Waals surface area contributed by atoms with Crippen molar-refractivity contribution in [2.45, 2.75) is 19.3 Å². The molecule has 0 amide bonds. The number of fused-ring (bicyclic) bond motifs is 6. The van der Waals surface area contributed by atoms with Crippen LogP contribution in [0.4, 0.5) is 17.1 Å². The summed E-state index contributed by atoms with van der Waals surface area (Å²) in [5.74, 6) is 0. The number of furan rings is 1. The second kappa shape index (κ2) is 12.3. The smallest absolute Gasteiger partial charge is 0.143 e. The minimum atomic E-state index is -0.189. The Kier molecular flexibility index (Phi) is 7.19. The Bertz CT molecular complexity index is 2780. The number of para-hydroxylation sites is 2. The fourth-order valence-corrected chi connectivity index (χ4v) is 8.56. The molecule has 10 rings (SSSR count). The van der Waals surface area contributed by atoms with Crippen LogP contribution in [0.25, 0.3) is 66.4 Å². The summed E-state index contributed by atoms with van der Waals surface area (Å²) in [7, 11) is 0. The molecule has 0 atom stereocenters. The lowest BCUT2D eigenvalue weighted by Gasteiger charge is -2.30. The molecular weight excluding hydrogens is 643 g/mol. The third-order valence-corrected chi connectivity index (χ3v) is 11.1. The summed E-state index contributed by atoms with van der Waals surface area (Å²) in [5.41, 5.74) is 17.4. The molecule has 2 heteroatoms. The van der Waals surface area contributed by atoms with E-state index < -0.39 is 0 Å². The Morgan fingerprint density at radius 1 is 0.415 bits per heavy atom. The molecule has 0 spiro atoms. The SMILES string of the molecule is CC1(C)c2ccccc2-c2c(N(c3ccc(-c4ccccc4)cc3)c3ccc(-c4cccc5c4oc4ccccc45)cc3)ccc(-c3ccccc3)c21. The largest absolute Gasteiger partial charge is 0.455 e. The van der Waals surface area contributed by atoms with E-state index in [4.69, 9.17) is 4.42 Å². The van der Waals surface area contributed by atoms with E-state index in [1.54, 1.807) is 0 Å². The number of benzene rings is 8. The third-order valence-electron chi connectivity index (χ3n) is 11.1. The highest BCUT2D eigenvalue weighted by molar-refractivity contribution is 6.09. The Labute approximate surface area is 310 Å². The molecular formula is C51H37NO. The molecule has 0 unspecified atom stereocenters. The van der Waals surface area contributed by atoms with E-state index in [2.05, 4.69) is 195 Å². The maximum absolute atomic E-state index is 6.44. The summed E-state index contributed by atoms with van der Waals surface area (Å²) in [5, 5.41) is 2.28. The average Bonchev–Trinajstić information content (AvgIpc) is 3.72. The van der Waals surface area contributed by atoms with Gasteiger partial charge in [0.05, 0.1) is 5.69 Å². The summed E-state index contributed by atoms with van der Waals surface area (Å²) in [6.07, 6.45) is 0. The molecule has 0 saturated carbocycles. The van der Waals surface area contributed by atoms with E-state index in [0.29, 0.717) is 0 Å². The number of anilines is 3. The Morgan fingerprint density at radius 3 is 1.70 bits per heavy atom. The first kappa shape index (κ1) is 31.1. The van der Waals surface area contributed by atoms with Gasteiger partial charge in [0.2, 0.25) is 0 Å². The molecule has 0 fully saturated rings. The van der Waals surface area contributed by atoms with Crippen LogP contribution in [0.3, 0.4) is 0 Å². The van der Waals surface area contributed by atoms with Crippen molar-refractivity contribution in [3.8, 4) is 44.5 Å². The van der Waals surface area contributed by atoms with Gasteiger partial charge in [-0.2, -0.15) is 0 Å². The molecule has 1 aliphatic carbocycles. The van der Waals surface area contributed by atoms with Crippen LogP contribution in [-0.2, 0) is 5.41 Å². The number of hydrogen-bond donors (Lipinski definition) is 0. The fraction of sp³-hybridized carbons (Fsp3) is 0.0588. The van der Waals surface area contributed by atoms with Gasteiger partial charge in [-0.15, -0.1) is 0 Å². The van der Waals surface area contributed by atoms with Crippen molar-refractivity contribution >= 4 is 39.0 Å². The number of hydrogen-bond acceptors (Lipinski definition) is 2. The molecule has 0 N–H and O–H groups in total. The Hall–Kier alpha value is -6.64. The lowest BCUT2D eigenvalue weighted by Crippen LogP contribution is -2.17. The zero-order valence-electron chi connectivity index (χ0n) is 29.8. The van der Waals surface area contributed by atoms with Gasteiger partial charge in [-0.1, -0.05) is 166 Å². The summed E-state index contributed by atoms with van der Waals surface area (Å²) in [6, 6.07) is 67.8. The molecule has 0 saturated heterocycles. The Morgan fingerprint density at radius 2 is 0.962 bits per heavy atom. The van der Waals surface area contributed by atoms with Gasteiger partial charge in [0, 0.05) is 38.7 Å². The Balaban J connectivity index is 1.17. The van der Waals surface area contributed by atoms with Crippen molar-refractivity contribution in [1.82, 2.24) is 0 Å². The minimum absolute atomic E-state index is 0.189. The van der Waals surface area contributed by atoms with E-state index in [9.17, 15) is 0 Å². The first-order valence-corrected chi connectivity index (χ1v) is 18.4. The van der Waals surface area contributed by atoms with Crippen LogP contribution in [0, 0.1) is 0 Å². The maximum atomic E-state index is 6.44. The van der Waals surface area contributed by atoms with Crippen molar-refractivity contribution < 1.29 is 4.42 Å². The van der Waals surface area contributed by atoms with Crippen LogP contribution in [0.15, 0.2) is 192 Å². The normalized spacial score (nSPS) is 12.9. The van der Waals surface area contributed by atoms with Crippen molar-refractivity contribution in [2.75, 3.05) is 4.90 Å². The molecule has 0 bridgehead atoms. The molecule has 1 aliphatic rings. The maximum Gasteiger partial charge on any atom is 0.143 e. The van der Waals surface area contributed by atoms with E-state index >= 15 is 0 Å². The molecule has 2 nitrogen and oxygen atoms in total. The van der Waals surface area contributed by atoms with Gasteiger partial charge in [-0.05, 0) is 80.9 Å². The summed E-state index contributed by atoms with van der Waals surface area (Å²) < 4.78 is 6.44. The average molecular weight is 680 g/mol. The van der Waals surface area contributed by atoms with Gasteiger partial charge in [0.25, 0.3) is 0 Å². The quantitative estimate of drug-likeness (QED) is 0.174. The third kappa shape index (κ3) is 5.02. The monoisotopic (exact) mass is 679 g/mol. The lowest BCUT2D eigenvalue weighted by atomic mass is 9.78. The van der Waals surface area contributed by atoms with Crippen LogP contribution in [0.2, 0.25) is 0 Å². The highest BCUT2D eigenvalue weighted by atomic mass is 16.3. The highest BCUT2D eigenvalue weighted by Crippen LogP contribution is 2.57. The molecule has 0 aliphatic heterocycles. The van der Waals surface area contributed by atoms with Crippen LogP contribution < -0.4 is 4.90 Å². The summed E-state index contributed by atoms with van der Waals surface area (Å²) in [6.45, 7) is 4.75. The van der Waals surface area contributed by atoms with Gasteiger partial charge in [-0.3, -0.25) is 0 Å². The highest BCUT2D eigenvalue weighted by Gasteiger charge is 2.40. The van der Waals surface area contributed by atoms with Crippen LogP contribution in [0.1, 0.15) is 25.0 Å². The second-order valence-corrected chi connectivity index (χ2v) is 14.5. The predicted molar refractivity (Wildman–Crippen MR) is 222 cm³/mol. The lowest BCUT2D eigenvalue weighted by molar-refractivity contribution is 0.662. The molecule has 0 radical (unpaired) electrons. The molecule has 1 aromatic heterocycles. The van der Waals surface area contributed by atoms with Gasteiger partial charge in [0.15, 0.2) is 0 Å². The van der Waals surface area contributed by atoms with E-state index in [1.807, 2.05) is 12.1 Å². The van der Waals surface area contributed by atoms with Gasteiger partial charge < -0.3 is 9.32 Å². The number of nitrogens with zero attached hydrogens (tertiary/aromatic N) is 1. The fourth-order valence-electron chi connectivity index (χ4n) is 8.56. The molecule has 252 valence electrons. The topological polar surface area (TPSA) is 16.4 Å². The van der Waals surface area contributed by atoms with E-state index in [0.717, 1.165) is 50.1 Å². The van der Waals surface area contributed by atoms with Gasteiger partial charge in [0.1, 0.15) is 11.2 Å².